The fourth-order valence-corrected chi connectivity index (χ4v) is 10.2. The molecule has 0 radical (unpaired) electrons. The van der Waals surface area contributed by atoms with Crippen LogP contribution in [0, 0.1) is 44.4 Å². The number of methoxy groups -OCH3 is 2. The van der Waals surface area contributed by atoms with Gasteiger partial charge in [0.2, 0.25) is 0 Å². The standard InChI is InChI=1S/C47H73N5O10/c1-16-36-47(11)41(52(45(56)62-47)20-18-17-19-51-25-49-37(33(51)9)34-21-26(2)32(8)48-24-34)29(5)38(53)27(3)23-46(10,58-15)42(30(6)39(54)31(7)43(55)60-36)61-44-40(57-14)35(50(12)13)22-28(4)59-44/h21,24-25,27-31,35-36,40-42,44H,16-20,22-23H2,1-15H3/t27-,28-,29+,30+,31-,35+,36-,40-,41-,42-,44?,46-,47-/m1/s1/i25D. The largest absolute Gasteiger partial charge is 0.458 e. The van der Waals surface area contributed by atoms with E-state index in [-0.39, 0.29) is 43.6 Å². The minimum Gasteiger partial charge on any atom is -0.458 e. The number of nitrogens with zero attached hydrogens (tertiary/aromatic N) is 5. The van der Waals surface area contributed by atoms with Crippen molar-refractivity contribution in [2.24, 2.45) is 23.7 Å². The summed E-state index contributed by atoms with van der Waals surface area (Å²) in [5.41, 5.74) is 1.72. The van der Waals surface area contributed by atoms with E-state index in [4.69, 9.17) is 29.8 Å². The van der Waals surface area contributed by atoms with E-state index in [0.717, 1.165) is 22.5 Å². The maximum absolute atomic E-state index is 14.9. The number of unbranched alkanes of at least 4 members (excludes halogenated alkanes) is 1. The minimum atomic E-state index is -1.43. The first-order valence-electron chi connectivity index (χ1n) is 22.8. The SMILES string of the molecule is [2H]c1nc(-c2cnc(C)c(C)c2)c(C)n1CCCCN1C(=O)O[C@]2(C)[C@@H](CC)OC(=O)[C@H](C)C(=O)[C@H](C)[C@@H](OC3O[C@H](C)C[C@H](N(C)C)[C@H]3OC)[C@](C)(OC)C[C@@H](C)C(=O)[C@H](C)[C@@H]12. The van der Waals surface area contributed by atoms with Crippen LogP contribution in [0.1, 0.15) is 106 Å². The Morgan fingerprint density at radius 2 is 1.65 bits per heavy atom. The Labute approximate surface area is 370 Å². The average molecular weight is 869 g/mol. The highest BCUT2D eigenvalue weighted by Crippen LogP contribution is 2.43. The molecule has 62 heavy (non-hydrogen) atoms. The topological polar surface area (TPSA) is 161 Å². The molecule has 0 aromatic carbocycles. The van der Waals surface area contributed by atoms with E-state index in [1.165, 1.54) is 14.0 Å². The van der Waals surface area contributed by atoms with Crippen LogP contribution in [0.5, 0.6) is 0 Å². The quantitative estimate of drug-likeness (QED) is 0.129. The first-order valence-corrected chi connectivity index (χ1v) is 22.3. The van der Waals surface area contributed by atoms with Gasteiger partial charge < -0.3 is 42.8 Å². The Kier molecular flexibility index (Phi) is 15.4. The lowest BCUT2D eigenvalue weighted by Gasteiger charge is -2.48. The molecule has 346 valence electrons. The zero-order valence-corrected chi connectivity index (χ0v) is 39.8. The Morgan fingerprint density at radius 3 is 2.26 bits per heavy atom. The normalized spacial score (nSPS) is 35.4. The molecule has 1 unspecified atom stereocenters. The Morgan fingerprint density at radius 1 is 0.968 bits per heavy atom. The van der Waals surface area contributed by atoms with E-state index in [9.17, 15) is 19.2 Å². The van der Waals surface area contributed by atoms with Gasteiger partial charge in [-0.2, -0.15) is 0 Å². The van der Waals surface area contributed by atoms with Crippen molar-refractivity contribution in [3.8, 4) is 11.3 Å². The van der Waals surface area contributed by atoms with Crippen molar-refractivity contribution in [1.82, 2.24) is 24.3 Å². The molecule has 0 bridgehead atoms. The number of fused-ring (bicyclic) bond motifs is 1. The monoisotopic (exact) mass is 869 g/mol. The Bertz CT molecular complexity index is 1980. The van der Waals surface area contributed by atoms with E-state index >= 15 is 0 Å². The summed E-state index contributed by atoms with van der Waals surface area (Å²) in [6.07, 6.45) is -0.0235. The Balaban J connectivity index is 1.45. The lowest BCUT2D eigenvalue weighted by molar-refractivity contribution is -0.299. The van der Waals surface area contributed by atoms with Crippen LogP contribution in [0.3, 0.4) is 0 Å². The number of ether oxygens (including phenoxy) is 6. The number of hydrogen-bond acceptors (Lipinski definition) is 13. The molecule has 3 aliphatic heterocycles. The van der Waals surface area contributed by atoms with Gasteiger partial charge in [0, 0.05) is 74.3 Å². The number of cyclic esters (lactones) is 1. The average Bonchev–Trinajstić information content (AvgIpc) is 3.67. The van der Waals surface area contributed by atoms with Crippen molar-refractivity contribution in [3.05, 3.63) is 35.5 Å². The number of esters is 1. The van der Waals surface area contributed by atoms with Gasteiger partial charge in [-0.3, -0.25) is 19.4 Å². The molecular weight excluding hydrogens is 795 g/mol. The number of imidazole rings is 1. The fourth-order valence-electron chi connectivity index (χ4n) is 10.2. The van der Waals surface area contributed by atoms with Crippen molar-refractivity contribution in [2.45, 2.75) is 169 Å². The van der Waals surface area contributed by atoms with E-state index in [1.54, 1.807) is 39.0 Å². The third kappa shape index (κ3) is 9.81. The molecule has 3 saturated heterocycles. The van der Waals surface area contributed by atoms with Gasteiger partial charge in [0.1, 0.15) is 25.3 Å². The highest BCUT2D eigenvalue weighted by molar-refractivity contribution is 6.00. The summed E-state index contributed by atoms with van der Waals surface area (Å²) in [4.78, 5) is 70.1. The third-order valence-corrected chi connectivity index (χ3v) is 14.1. The predicted octanol–water partition coefficient (Wildman–Crippen LogP) is 6.51. The summed E-state index contributed by atoms with van der Waals surface area (Å²) >= 11 is 0. The molecule has 3 aliphatic rings. The number of aryl methyl sites for hydroxylation is 2. The lowest BCUT2D eigenvalue weighted by Crippen LogP contribution is -2.60. The van der Waals surface area contributed by atoms with Gasteiger partial charge in [-0.15, -0.1) is 0 Å². The number of hydrogen-bond donors (Lipinski definition) is 0. The number of pyridine rings is 1. The van der Waals surface area contributed by atoms with Crippen LogP contribution in [0.15, 0.2) is 18.6 Å². The number of carbonyl (C=O) groups excluding carboxylic acids is 4. The maximum atomic E-state index is 14.9. The molecular formula is C47H73N5O10. The molecule has 1 amide bonds. The molecule has 2 aromatic rings. The lowest BCUT2D eigenvalue weighted by atomic mass is 9.73. The molecule has 0 N–H and O–H groups in total. The second-order valence-electron chi connectivity index (χ2n) is 18.7. The summed E-state index contributed by atoms with van der Waals surface area (Å²) in [5.74, 6) is -4.87. The van der Waals surface area contributed by atoms with Crippen LogP contribution >= 0.6 is 0 Å². The highest BCUT2D eigenvalue weighted by atomic mass is 16.7. The van der Waals surface area contributed by atoms with E-state index in [1.807, 2.05) is 73.2 Å². The molecule has 2 aromatic heterocycles. The van der Waals surface area contributed by atoms with Crippen LogP contribution in [0.2, 0.25) is 0 Å². The van der Waals surface area contributed by atoms with Crippen molar-refractivity contribution >= 4 is 23.6 Å². The predicted molar refractivity (Wildman–Crippen MR) is 233 cm³/mol. The summed E-state index contributed by atoms with van der Waals surface area (Å²) in [6, 6.07) is 1.15. The van der Waals surface area contributed by atoms with Gasteiger partial charge in [-0.1, -0.05) is 27.7 Å². The second kappa shape index (κ2) is 20.0. The second-order valence-corrected chi connectivity index (χ2v) is 18.7. The zero-order valence-electron chi connectivity index (χ0n) is 40.8. The minimum absolute atomic E-state index is 0.0545. The van der Waals surface area contributed by atoms with Crippen LogP contribution in [0.4, 0.5) is 4.79 Å². The molecule has 15 heteroatoms. The van der Waals surface area contributed by atoms with Gasteiger partial charge in [0.15, 0.2) is 17.7 Å². The van der Waals surface area contributed by atoms with Gasteiger partial charge in [-0.05, 0) is 106 Å². The molecule has 3 fully saturated rings. The molecule has 5 rings (SSSR count). The third-order valence-electron chi connectivity index (χ3n) is 14.1. The van der Waals surface area contributed by atoms with E-state index in [0.29, 0.717) is 31.5 Å². The number of likely N-dealkylation sites (N-methyl/N-ethyl adjacent to an activating group) is 1. The van der Waals surface area contributed by atoms with Crippen LogP contribution < -0.4 is 0 Å². The van der Waals surface area contributed by atoms with E-state index < -0.39 is 83.4 Å². The van der Waals surface area contributed by atoms with Crippen LogP contribution in [-0.4, -0.2) is 137 Å². The van der Waals surface area contributed by atoms with Crippen LogP contribution in [-0.2, 0) is 49.3 Å². The molecule has 15 nitrogen and oxygen atoms in total. The first-order chi connectivity index (χ1) is 29.5. The van der Waals surface area contributed by atoms with Crippen LogP contribution in [0.25, 0.3) is 11.3 Å². The van der Waals surface area contributed by atoms with Crippen molar-refractivity contribution in [3.63, 3.8) is 0 Å². The molecule has 0 saturated carbocycles. The number of ketones is 2. The maximum Gasteiger partial charge on any atom is 0.410 e. The van der Waals surface area contributed by atoms with E-state index in [2.05, 4.69) is 14.9 Å². The number of Topliss-reactive ketones (excluding diaryl/α,β-unsaturated/α-hetero) is 2. The molecule has 13 atom stereocenters. The molecule has 0 spiro atoms. The Hall–Kier alpha value is -3.76. The summed E-state index contributed by atoms with van der Waals surface area (Å²) in [7, 11) is 7.06. The number of rotatable bonds is 12. The van der Waals surface area contributed by atoms with Gasteiger partial charge in [0.05, 0.1) is 35.8 Å². The number of amides is 1. The zero-order chi connectivity index (χ0) is 46.9. The van der Waals surface area contributed by atoms with Crippen molar-refractivity contribution < 1.29 is 49.0 Å². The van der Waals surface area contributed by atoms with Gasteiger partial charge in [-0.25, -0.2) is 9.78 Å². The summed E-state index contributed by atoms with van der Waals surface area (Å²) in [6.45, 7) is 20.8. The van der Waals surface area contributed by atoms with Gasteiger partial charge in [0.25, 0.3) is 0 Å². The summed E-state index contributed by atoms with van der Waals surface area (Å²) in [5, 5.41) is 0. The smallest absolute Gasteiger partial charge is 0.410 e. The molecule has 5 heterocycles. The van der Waals surface area contributed by atoms with Crippen molar-refractivity contribution in [2.75, 3.05) is 34.9 Å². The fraction of sp³-hybridized carbons (Fsp3) is 0.745. The number of aromatic nitrogens is 3. The highest BCUT2D eigenvalue weighted by Gasteiger charge is 2.60. The summed E-state index contributed by atoms with van der Waals surface area (Å²) < 4.78 is 48.3. The first kappa shape index (κ1) is 47.7. The van der Waals surface area contributed by atoms with Gasteiger partial charge >= 0.3 is 12.1 Å². The van der Waals surface area contributed by atoms with Crippen molar-refractivity contribution in [1.29, 1.82) is 0 Å². The molecule has 0 aliphatic carbocycles. The number of carbonyl (C=O) groups is 4.